The maximum absolute atomic E-state index is 13.9. The number of nitrogens with two attached hydrogens (primary N) is 2. The molecule has 0 aliphatic carbocycles. The van der Waals surface area contributed by atoms with Gasteiger partial charge in [0.2, 0.25) is 0 Å². The van der Waals surface area contributed by atoms with E-state index in [-0.39, 0.29) is 23.8 Å². The molecule has 0 saturated carbocycles. The Bertz CT molecular complexity index is 1740. The first kappa shape index (κ1) is 32.6. The molecule has 1 aliphatic heterocycles. The highest BCUT2D eigenvalue weighted by atomic mass is 32.2. The third-order valence-electron chi connectivity index (χ3n) is 7.27. The van der Waals surface area contributed by atoms with Crippen molar-refractivity contribution in [3.8, 4) is 16.9 Å². The van der Waals surface area contributed by atoms with Crippen molar-refractivity contribution in [1.82, 2.24) is 15.6 Å². The molecule has 2 atom stereocenters. The second-order valence-corrected chi connectivity index (χ2v) is 12.6. The van der Waals surface area contributed by atoms with Gasteiger partial charge in [0.15, 0.2) is 16.9 Å². The number of benzene rings is 2. The van der Waals surface area contributed by atoms with E-state index in [1.807, 2.05) is 42.6 Å². The molecule has 12 nitrogen and oxygen atoms in total. The number of aliphatic imine (C=N–C) groups is 1. The lowest BCUT2D eigenvalue weighted by molar-refractivity contribution is -0.139. The summed E-state index contributed by atoms with van der Waals surface area (Å²) in [6.07, 6.45) is 4.75. The summed E-state index contributed by atoms with van der Waals surface area (Å²) in [5.41, 5.74) is 16.0. The monoisotopic (exact) mass is 661 g/mol. The van der Waals surface area contributed by atoms with Crippen LogP contribution in [0.2, 0.25) is 0 Å². The highest BCUT2D eigenvalue weighted by Gasteiger charge is 2.26. The average molecular weight is 662 g/mol. The van der Waals surface area contributed by atoms with Crippen LogP contribution in [0.5, 0.6) is 5.75 Å². The van der Waals surface area contributed by atoms with E-state index < -0.39 is 28.9 Å². The normalized spacial score (nSPS) is 13.2. The van der Waals surface area contributed by atoms with E-state index in [1.54, 1.807) is 17.6 Å². The topological polar surface area (TPSA) is 194 Å². The summed E-state index contributed by atoms with van der Waals surface area (Å²) in [5, 5.41) is 17.3. The van der Waals surface area contributed by atoms with Crippen LogP contribution in [-0.4, -0.2) is 51.3 Å². The van der Waals surface area contributed by atoms with E-state index in [2.05, 4.69) is 37.5 Å². The molecule has 2 aromatic carbocycles. The van der Waals surface area contributed by atoms with E-state index in [0.29, 0.717) is 48.9 Å². The van der Waals surface area contributed by atoms with Crippen LogP contribution >= 0.6 is 11.3 Å². The molecule has 0 bridgehead atoms. The number of fused-ring (bicyclic) bond motifs is 1. The van der Waals surface area contributed by atoms with Crippen LogP contribution < -0.4 is 31.6 Å². The van der Waals surface area contributed by atoms with Gasteiger partial charge in [-0.2, -0.15) is 0 Å². The Morgan fingerprint density at radius 1 is 1.13 bits per heavy atom. The molecule has 1 aliphatic rings. The first-order valence-corrected chi connectivity index (χ1v) is 16.7. The molecule has 5 rings (SSSR count). The van der Waals surface area contributed by atoms with Crippen molar-refractivity contribution in [3.63, 3.8) is 0 Å². The number of anilines is 1. The van der Waals surface area contributed by atoms with E-state index in [4.69, 9.17) is 16.2 Å². The SMILES string of the molecule is NC(N)=NCCCC(NC(=O)c1sccc1NS(=O)c1cc(-c2ccccc2CNCc2cccnc2)cc2c1OCC2)C(=O)O. The molecule has 46 heavy (non-hydrogen) atoms. The van der Waals surface area contributed by atoms with Gasteiger partial charge in [-0.15, -0.1) is 11.3 Å². The van der Waals surface area contributed by atoms with Gasteiger partial charge in [-0.25, -0.2) is 9.00 Å². The van der Waals surface area contributed by atoms with Crippen molar-refractivity contribution in [2.45, 2.75) is 43.3 Å². The first-order valence-electron chi connectivity index (χ1n) is 14.6. The molecule has 2 unspecified atom stereocenters. The van der Waals surface area contributed by atoms with E-state index >= 15 is 0 Å². The number of aliphatic carboxylic acids is 1. The number of nitrogens with one attached hydrogen (secondary N) is 3. The van der Waals surface area contributed by atoms with Crippen molar-refractivity contribution in [1.29, 1.82) is 0 Å². The number of rotatable bonds is 15. The summed E-state index contributed by atoms with van der Waals surface area (Å²) < 4.78 is 22.7. The molecule has 8 N–H and O–H groups in total. The zero-order chi connectivity index (χ0) is 32.5. The third kappa shape index (κ3) is 8.27. The van der Waals surface area contributed by atoms with Crippen LogP contribution in [0.15, 0.2) is 82.3 Å². The Labute approximate surface area is 272 Å². The molecule has 4 aromatic rings. The van der Waals surface area contributed by atoms with Crippen LogP contribution in [0, 0.1) is 0 Å². The number of hydrogen-bond donors (Lipinski definition) is 6. The molecular formula is C32H35N7O5S2. The number of carbonyl (C=O) groups is 2. The molecule has 14 heteroatoms. The third-order valence-corrected chi connectivity index (χ3v) is 9.29. The van der Waals surface area contributed by atoms with E-state index in [0.717, 1.165) is 39.2 Å². The maximum atomic E-state index is 13.9. The fourth-order valence-corrected chi connectivity index (χ4v) is 6.96. The number of ether oxygens (including phenoxy) is 1. The largest absolute Gasteiger partial charge is 0.492 e. The molecule has 3 heterocycles. The van der Waals surface area contributed by atoms with Crippen LogP contribution in [0.4, 0.5) is 5.69 Å². The number of guanidine groups is 1. The molecule has 240 valence electrons. The summed E-state index contributed by atoms with van der Waals surface area (Å²) in [6.45, 7) is 2.00. The minimum Gasteiger partial charge on any atom is -0.492 e. The summed E-state index contributed by atoms with van der Waals surface area (Å²) >= 11 is 1.12. The van der Waals surface area contributed by atoms with E-state index in [9.17, 15) is 18.9 Å². The molecule has 1 amide bonds. The number of carboxylic acid groups (broad SMARTS) is 1. The summed E-state index contributed by atoms with van der Waals surface area (Å²) in [6, 6.07) is 16.4. The predicted octanol–water partition coefficient (Wildman–Crippen LogP) is 3.41. The van der Waals surface area contributed by atoms with Gasteiger partial charge < -0.3 is 31.9 Å². The lowest BCUT2D eigenvalue weighted by Gasteiger charge is -2.16. The molecule has 2 aromatic heterocycles. The number of hydrogen-bond acceptors (Lipinski definition) is 8. The Hall–Kier alpha value is -4.79. The molecular weight excluding hydrogens is 627 g/mol. The van der Waals surface area contributed by atoms with Gasteiger partial charge in [-0.05, 0) is 70.3 Å². The van der Waals surface area contributed by atoms with Gasteiger partial charge in [0.1, 0.15) is 21.6 Å². The minimum absolute atomic E-state index is 0.0854. The fraction of sp³-hybridized carbons (Fsp3) is 0.250. The van der Waals surface area contributed by atoms with Crippen LogP contribution in [-0.2, 0) is 35.3 Å². The van der Waals surface area contributed by atoms with Crippen LogP contribution in [0.1, 0.15) is 39.2 Å². The predicted molar refractivity (Wildman–Crippen MR) is 179 cm³/mol. The number of carboxylic acids is 1. The lowest BCUT2D eigenvalue weighted by atomic mass is 9.97. The smallest absolute Gasteiger partial charge is 0.326 e. The van der Waals surface area contributed by atoms with Gasteiger partial charge >= 0.3 is 5.97 Å². The molecule has 0 fully saturated rings. The van der Waals surface area contributed by atoms with Gasteiger partial charge in [-0.3, -0.25) is 19.5 Å². The summed E-state index contributed by atoms with van der Waals surface area (Å²) in [4.78, 5) is 33.6. The molecule has 0 saturated heterocycles. The van der Waals surface area contributed by atoms with E-state index in [1.165, 1.54) is 0 Å². The second kappa shape index (κ2) is 15.5. The summed E-state index contributed by atoms with van der Waals surface area (Å²) in [7, 11) is -1.80. The Morgan fingerprint density at radius 2 is 1.98 bits per heavy atom. The van der Waals surface area contributed by atoms with Crippen molar-refractivity contribution < 1.29 is 23.6 Å². The Morgan fingerprint density at radius 3 is 2.76 bits per heavy atom. The minimum atomic E-state index is -1.80. The van der Waals surface area contributed by atoms with Crippen LogP contribution in [0.3, 0.4) is 0 Å². The van der Waals surface area contributed by atoms with Gasteiger partial charge in [-0.1, -0.05) is 30.3 Å². The van der Waals surface area contributed by atoms with Crippen molar-refractivity contribution in [3.05, 3.63) is 93.9 Å². The molecule has 0 spiro atoms. The molecule has 0 radical (unpaired) electrons. The fourth-order valence-electron chi connectivity index (χ4n) is 5.07. The number of amides is 1. The van der Waals surface area contributed by atoms with Crippen molar-refractivity contribution in [2.24, 2.45) is 16.5 Å². The zero-order valence-corrected chi connectivity index (χ0v) is 26.5. The number of carbonyl (C=O) groups excluding carboxylic acids is 1. The first-order chi connectivity index (χ1) is 22.3. The van der Waals surface area contributed by atoms with Crippen molar-refractivity contribution in [2.75, 3.05) is 17.9 Å². The van der Waals surface area contributed by atoms with Gasteiger partial charge in [0.05, 0.1) is 12.3 Å². The van der Waals surface area contributed by atoms with Gasteiger partial charge in [0.25, 0.3) is 5.91 Å². The Kier molecular flexibility index (Phi) is 11.0. The standard InChI is InChI=1S/C32H35N7O5S2/c33-32(34)37-12-4-8-26(31(41)42)38-30(40)29-25(10-14-45-29)39-46(43)27-16-23(15-21-9-13-44-28(21)27)24-7-2-1-6-22(24)19-36-18-20-5-3-11-35-17-20/h1-3,5-7,10-11,14-17,26,36,39H,4,8-9,12-13,18-19H2,(H,38,40)(H,41,42)(H4,33,34,37). The van der Waals surface area contributed by atoms with Gasteiger partial charge in [0, 0.05) is 38.4 Å². The lowest BCUT2D eigenvalue weighted by Crippen LogP contribution is -2.40. The second-order valence-electron chi connectivity index (χ2n) is 10.5. The number of aromatic nitrogens is 1. The quantitative estimate of drug-likeness (QED) is 0.0629. The number of thiophene rings is 1. The Balaban J connectivity index is 1.32. The zero-order valence-electron chi connectivity index (χ0n) is 24.9. The maximum Gasteiger partial charge on any atom is 0.326 e. The van der Waals surface area contributed by atoms with Crippen molar-refractivity contribution >= 4 is 45.8 Å². The number of pyridine rings is 1. The highest BCUT2D eigenvalue weighted by molar-refractivity contribution is 7.86. The number of nitrogens with zero attached hydrogens (tertiary/aromatic N) is 2. The summed E-state index contributed by atoms with van der Waals surface area (Å²) in [5.74, 6) is -1.29. The average Bonchev–Trinajstić information content (AvgIpc) is 3.72. The van der Waals surface area contributed by atoms with Crippen LogP contribution in [0.25, 0.3) is 11.1 Å². The highest BCUT2D eigenvalue weighted by Crippen LogP contribution is 2.38.